The van der Waals surface area contributed by atoms with Gasteiger partial charge in [-0.3, -0.25) is 4.79 Å². The van der Waals surface area contributed by atoms with Gasteiger partial charge in [0.1, 0.15) is 0 Å². The van der Waals surface area contributed by atoms with E-state index in [1.165, 1.54) is 0 Å². The number of alkyl halides is 1. The molecule has 2 atom stereocenters. The summed E-state index contributed by atoms with van der Waals surface area (Å²) in [6, 6.07) is 2.59. The average molecular weight is 348 g/mol. The third-order valence-corrected chi connectivity index (χ3v) is 4.16. The van der Waals surface area contributed by atoms with Gasteiger partial charge in [0.25, 0.3) is 0 Å². The first-order valence-electron chi connectivity index (χ1n) is 7.05. The molecule has 0 aromatic heterocycles. The molecule has 1 amide bonds. The first-order valence-corrected chi connectivity index (χ1v) is 8.17. The molecule has 0 bridgehead atoms. The average Bonchev–Trinajstić information content (AvgIpc) is 2.47. The highest BCUT2D eigenvalue weighted by atomic mass is 79.9. The SMILES string of the molecule is CC1C=Cc2cc(NC(=O)CBr)c3c(c2N1)NC(C)C=C3. The van der Waals surface area contributed by atoms with Gasteiger partial charge in [-0.05, 0) is 19.9 Å². The Hall–Kier alpha value is -1.75. The quantitative estimate of drug-likeness (QED) is 0.715. The Balaban J connectivity index is 2.13. The fourth-order valence-corrected chi connectivity index (χ4v) is 2.80. The van der Waals surface area contributed by atoms with Crippen LogP contribution in [0.1, 0.15) is 25.0 Å². The van der Waals surface area contributed by atoms with E-state index in [1.54, 1.807) is 0 Å². The molecule has 0 saturated heterocycles. The minimum absolute atomic E-state index is 0.0507. The van der Waals surface area contributed by atoms with E-state index >= 15 is 0 Å². The molecular weight excluding hydrogens is 330 g/mol. The van der Waals surface area contributed by atoms with E-state index in [-0.39, 0.29) is 17.3 Å². The minimum atomic E-state index is -0.0507. The molecule has 3 rings (SSSR count). The third-order valence-electron chi connectivity index (χ3n) is 3.65. The van der Waals surface area contributed by atoms with Crippen LogP contribution >= 0.6 is 15.9 Å². The van der Waals surface area contributed by atoms with Crippen LogP contribution in [0.25, 0.3) is 12.2 Å². The number of carbonyl (C=O) groups is 1. The third kappa shape index (κ3) is 2.70. The van der Waals surface area contributed by atoms with Gasteiger partial charge in [0.05, 0.1) is 22.4 Å². The second kappa shape index (κ2) is 5.56. The lowest BCUT2D eigenvalue weighted by Crippen LogP contribution is -2.24. The predicted octanol–water partition coefficient (Wildman–Crippen LogP) is 3.67. The summed E-state index contributed by atoms with van der Waals surface area (Å²) >= 11 is 3.19. The highest BCUT2D eigenvalue weighted by Crippen LogP contribution is 2.41. The van der Waals surface area contributed by atoms with Crippen molar-refractivity contribution in [3.63, 3.8) is 0 Å². The van der Waals surface area contributed by atoms with E-state index in [4.69, 9.17) is 0 Å². The Kier molecular flexibility index (Phi) is 3.76. The molecule has 5 heteroatoms. The van der Waals surface area contributed by atoms with Gasteiger partial charge < -0.3 is 16.0 Å². The Morgan fingerprint density at radius 3 is 2.57 bits per heavy atom. The zero-order chi connectivity index (χ0) is 15.0. The normalized spacial score (nSPS) is 21.9. The molecule has 2 unspecified atom stereocenters. The van der Waals surface area contributed by atoms with Crippen molar-refractivity contribution in [2.45, 2.75) is 25.9 Å². The van der Waals surface area contributed by atoms with Gasteiger partial charge in [-0.25, -0.2) is 0 Å². The Bertz CT molecular complexity index is 651. The molecule has 21 heavy (non-hydrogen) atoms. The highest BCUT2D eigenvalue weighted by Gasteiger charge is 2.22. The highest BCUT2D eigenvalue weighted by molar-refractivity contribution is 9.09. The summed E-state index contributed by atoms with van der Waals surface area (Å²) in [6.45, 7) is 4.23. The molecular formula is C16H18BrN3O. The van der Waals surface area contributed by atoms with Crippen molar-refractivity contribution in [3.05, 3.63) is 29.3 Å². The van der Waals surface area contributed by atoms with E-state index < -0.39 is 0 Å². The molecule has 3 N–H and O–H groups in total. The second-order valence-corrected chi connectivity index (χ2v) is 6.00. The zero-order valence-electron chi connectivity index (χ0n) is 12.0. The Labute approximate surface area is 132 Å². The molecule has 0 fully saturated rings. The summed E-state index contributed by atoms with van der Waals surface area (Å²) < 4.78 is 0. The molecule has 2 heterocycles. The summed E-state index contributed by atoms with van der Waals surface area (Å²) in [6.07, 6.45) is 8.39. The lowest BCUT2D eigenvalue weighted by molar-refractivity contribution is -0.113. The molecule has 0 radical (unpaired) electrons. The molecule has 0 saturated carbocycles. The van der Waals surface area contributed by atoms with Gasteiger partial charge in [0.2, 0.25) is 5.91 Å². The summed E-state index contributed by atoms with van der Waals surface area (Å²) in [7, 11) is 0. The van der Waals surface area contributed by atoms with Crippen LogP contribution in [-0.2, 0) is 4.79 Å². The van der Waals surface area contributed by atoms with E-state index in [9.17, 15) is 4.79 Å². The molecule has 0 aliphatic carbocycles. The van der Waals surface area contributed by atoms with Crippen molar-refractivity contribution in [2.75, 3.05) is 21.3 Å². The molecule has 4 nitrogen and oxygen atoms in total. The topological polar surface area (TPSA) is 53.2 Å². The van der Waals surface area contributed by atoms with Crippen molar-refractivity contribution in [1.29, 1.82) is 0 Å². The van der Waals surface area contributed by atoms with Gasteiger partial charge in [0, 0.05) is 23.2 Å². The predicted molar refractivity (Wildman–Crippen MR) is 93.1 cm³/mol. The number of hydrogen-bond acceptors (Lipinski definition) is 3. The van der Waals surface area contributed by atoms with Crippen LogP contribution in [0.4, 0.5) is 17.1 Å². The monoisotopic (exact) mass is 347 g/mol. The van der Waals surface area contributed by atoms with Gasteiger partial charge >= 0.3 is 0 Å². The largest absolute Gasteiger partial charge is 0.377 e. The summed E-state index contributed by atoms with van der Waals surface area (Å²) in [5, 5.41) is 10.2. The first kappa shape index (κ1) is 14.2. The molecule has 0 spiro atoms. The van der Waals surface area contributed by atoms with Crippen molar-refractivity contribution < 1.29 is 4.79 Å². The van der Waals surface area contributed by atoms with Crippen LogP contribution in [0.3, 0.4) is 0 Å². The maximum absolute atomic E-state index is 11.7. The maximum atomic E-state index is 11.7. The van der Waals surface area contributed by atoms with Crippen molar-refractivity contribution in [2.24, 2.45) is 0 Å². The molecule has 110 valence electrons. The lowest BCUT2D eigenvalue weighted by atomic mass is 9.96. The van der Waals surface area contributed by atoms with Crippen LogP contribution in [-0.4, -0.2) is 23.3 Å². The van der Waals surface area contributed by atoms with Crippen molar-refractivity contribution in [3.8, 4) is 0 Å². The smallest absolute Gasteiger partial charge is 0.235 e. The fourth-order valence-electron chi connectivity index (χ4n) is 2.66. The molecule has 2 aliphatic heterocycles. The number of rotatable bonds is 2. The number of fused-ring (bicyclic) bond motifs is 3. The van der Waals surface area contributed by atoms with Crippen LogP contribution in [0.2, 0.25) is 0 Å². The van der Waals surface area contributed by atoms with Gasteiger partial charge in [-0.15, -0.1) is 0 Å². The Morgan fingerprint density at radius 1 is 1.19 bits per heavy atom. The summed E-state index contributed by atoms with van der Waals surface area (Å²) in [5.74, 6) is -0.0507. The number of anilines is 3. The van der Waals surface area contributed by atoms with Crippen LogP contribution in [0, 0.1) is 0 Å². The van der Waals surface area contributed by atoms with E-state index in [2.05, 4.69) is 70.0 Å². The van der Waals surface area contributed by atoms with Gasteiger partial charge in [-0.2, -0.15) is 0 Å². The van der Waals surface area contributed by atoms with Crippen LogP contribution in [0.15, 0.2) is 18.2 Å². The number of amides is 1. The van der Waals surface area contributed by atoms with Gasteiger partial charge in [0.15, 0.2) is 0 Å². The van der Waals surface area contributed by atoms with Crippen molar-refractivity contribution >= 4 is 51.1 Å². The maximum Gasteiger partial charge on any atom is 0.235 e. The summed E-state index contributed by atoms with van der Waals surface area (Å²) in [5.41, 5.74) is 5.12. The summed E-state index contributed by atoms with van der Waals surface area (Å²) in [4.78, 5) is 11.7. The Morgan fingerprint density at radius 2 is 1.86 bits per heavy atom. The molecule has 1 aromatic rings. The van der Waals surface area contributed by atoms with Crippen LogP contribution < -0.4 is 16.0 Å². The fraction of sp³-hybridized carbons (Fsp3) is 0.312. The lowest BCUT2D eigenvalue weighted by Gasteiger charge is -2.29. The van der Waals surface area contributed by atoms with Gasteiger partial charge in [-0.1, -0.05) is 40.2 Å². The van der Waals surface area contributed by atoms with Crippen LogP contribution in [0.5, 0.6) is 0 Å². The minimum Gasteiger partial charge on any atom is -0.377 e. The zero-order valence-corrected chi connectivity index (χ0v) is 13.6. The number of carbonyl (C=O) groups excluding carboxylic acids is 1. The van der Waals surface area contributed by atoms with Crippen molar-refractivity contribution in [1.82, 2.24) is 0 Å². The number of halogens is 1. The molecule has 1 aromatic carbocycles. The standard InChI is InChI=1S/C16H18BrN3O/c1-9-3-5-11-7-13(20-14(21)8-17)12-6-4-10(2)19-16(12)15(11)18-9/h3-7,9-10,18-19H,8H2,1-2H3,(H,20,21). The van der Waals surface area contributed by atoms with E-state index in [0.29, 0.717) is 6.04 Å². The number of hydrogen-bond donors (Lipinski definition) is 3. The van der Waals surface area contributed by atoms with E-state index in [1.807, 2.05) is 6.07 Å². The number of benzene rings is 1. The number of nitrogens with one attached hydrogen (secondary N) is 3. The first-order chi connectivity index (χ1) is 10.1. The second-order valence-electron chi connectivity index (χ2n) is 5.44. The van der Waals surface area contributed by atoms with E-state index in [0.717, 1.165) is 28.2 Å². The molecule has 2 aliphatic rings.